The molecule has 1 rings (SSSR count). The lowest BCUT2D eigenvalue weighted by Gasteiger charge is -2.44. The van der Waals surface area contributed by atoms with E-state index in [9.17, 15) is 24.6 Å². The van der Waals surface area contributed by atoms with Crippen molar-refractivity contribution < 1.29 is 29.7 Å². The van der Waals surface area contributed by atoms with Gasteiger partial charge in [0.1, 0.15) is 0 Å². The zero-order valence-electron chi connectivity index (χ0n) is 16.5. The highest BCUT2D eigenvalue weighted by atomic mass is 16.4. The van der Waals surface area contributed by atoms with Crippen molar-refractivity contribution in [1.29, 1.82) is 0 Å². The molecule has 1 fully saturated rings. The summed E-state index contributed by atoms with van der Waals surface area (Å²) in [6.07, 6.45) is 3.67. The molecule has 0 spiro atoms. The summed E-state index contributed by atoms with van der Waals surface area (Å²) in [5.74, 6) is -3.01. The molecule has 1 aliphatic rings. The van der Waals surface area contributed by atoms with Gasteiger partial charge in [0.15, 0.2) is 0 Å². The monoisotopic (exact) mass is 387 g/mol. The molecule has 3 N–H and O–H groups in total. The number of carbonyl (C=O) groups is 3. The Labute approximate surface area is 160 Å². The summed E-state index contributed by atoms with van der Waals surface area (Å²) in [4.78, 5) is 39.5. The van der Waals surface area contributed by atoms with Gasteiger partial charge < -0.3 is 20.2 Å². The molecule has 156 valence electrons. The molecule has 9 nitrogen and oxygen atoms in total. The van der Waals surface area contributed by atoms with E-state index in [0.717, 1.165) is 25.7 Å². The van der Waals surface area contributed by atoms with E-state index >= 15 is 0 Å². The summed E-state index contributed by atoms with van der Waals surface area (Å²) in [5.41, 5.74) is 0. The molecule has 0 bridgehead atoms. The first kappa shape index (κ1) is 23.3. The molecule has 1 saturated carbocycles. The number of carboxylic acid groups (broad SMARTS) is 3. The van der Waals surface area contributed by atoms with Gasteiger partial charge in [0.05, 0.1) is 19.5 Å². The maximum absolute atomic E-state index is 11.5. The number of nitrogens with zero attached hydrogens (tertiary/aromatic N) is 3. The van der Waals surface area contributed by atoms with Crippen LogP contribution >= 0.6 is 0 Å². The van der Waals surface area contributed by atoms with Crippen LogP contribution in [0.4, 0.5) is 0 Å². The normalized spacial score (nSPS) is 21.6. The van der Waals surface area contributed by atoms with E-state index in [4.69, 9.17) is 5.11 Å². The number of hydrogen-bond acceptors (Lipinski definition) is 6. The molecule has 9 heteroatoms. The smallest absolute Gasteiger partial charge is 0.317 e. The second kappa shape index (κ2) is 11.2. The molecule has 1 aliphatic carbocycles. The Morgan fingerprint density at radius 1 is 0.926 bits per heavy atom. The van der Waals surface area contributed by atoms with Crippen molar-refractivity contribution in [3.8, 4) is 0 Å². The van der Waals surface area contributed by atoms with Gasteiger partial charge in [-0.15, -0.1) is 0 Å². The van der Waals surface area contributed by atoms with Gasteiger partial charge in [0.2, 0.25) is 0 Å². The zero-order valence-corrected chi connectivity index (χ0v) is 16.5. The fourth-order valence-electron chi connectivity index (χ4n) is 4.07. The Kier molecular flexibility index (Phi) is 9.68. The van der Waals surface area contributed by atoms with Gasteiger partial charge in [0, 0.05) is 24.7 Å². The summed E-state index contributed by atoms with van der Waals surface area (Å²) in [7, 11) is 3.94. The Morgan fingerprint density at radius 2 is 1.48 bits per heavy atom. The number of carboxylic acids is 3. The number of likely N-dealkylation sites (N-methyl/N-ethyl adjacent to an activating group) is 2. The molecule has 0 aromatic heterocycles. The quantitative estimate of drug-likeness (QED) is 0.439. The minimum Gasteiger partial charge on any atom is -0.481 e. The van der Waals surface area contributed by atoms with Crippen LogP contribution in [0.2, 0.25) is 0 Å². The summed E-state index contributed by atoms with van der Waals surface area (Å²) in [6.45, 7) is 1.93. The van der Waals surface area contributed by atoms with E-state index in [-0.39, 0.29) is 38.1 Å². The average Bonchev–Trinajstić information content (AvgIpc) is 2.57. The van der Waals surface area contributed by atoms with Crippen LogP contribution in [-0.2, 0) is 14.4 Å². The maximum Gasteiger partial charge on any atom is 0.317 e. The van der Waals surface area contributed by atoms with Gasteiger partial charge in [-0.2, -0.15) is 0 Å². The molecule has 0 aromatic carbocycles. The van der Waals surface area contributed by atoms with Gasteiger partial charge in [-0.05, 0) is 33.5 Å². The van der Waals surface area contributed by atoms with Crippen LogP contribution < -0.4 is 0 Å². The highest BCUT2D eigenvalue weighted by Gasteiger charge is 2.35. The van der Waals surface area contributed by atoms with E-state index < -0.39 is 23.9 Å². The molecule has 0 radical (unpaired) electrons. The van der Waals surface area contributed by atoms with Crippen molar-refractivity contribution in [1.82, 2.24) is 14.7 Å². The largest absolute Gasteiger partial charge is 0.481 e. The first-order valence-corrected chi connectivity index (χ1v) is 9.45. The average molecular weight is 387 g/mol. The van der Waals surface area contributed by atoms with Crippen molar-refractivity contribution in [2.45, 2.75) is 57.2 Å². The minimum absolute atomic E-state index is 0.00433. The third kappa shape index (κ3) is 7.82. The molecule has 0 heterocycles. The van der Waals surface area contributed by atoms with E-state index in [1.165, 1.54) is 0 Å². The topological polar surface area (TPSA) is 122 Å². The van der Waals surface area contributed by atoms with Gasteiger partial charge in [-0.3, -0.25) is 24.2 Å². The molecule has 0 saturated heterocycles. The second-order valence-electron chi connectivity index (χ2n) is 7.41. The number of hydrogen-bond donors (Lipinski definition) is 3. The van der Waals surface area contributed by atoms with Crippen molar-refractivity contribution in [2.75, 3.05) is 40.3 Å². The van der Waals surface area contributed by atoms with E-state index in [2.05, 4.69) is 4.90 Å². The third-order valence-corrected chi connectivity index (χ3v) is 5.28. The van der Waals surface area contributed by atoms with E-state index in [1.807, 2.05) is 19.0 Å². The highest BCUT2D eigenvalue weighted by molar-refractivity contribution is 5.70. The van der Waals surface area contributed by atoms with Crippen LogP contribution in [0, 0.1) is 0 Å². The van der Waals surface area contributed by atoms with Gasteiger partial charge in [0.25, 0.3) is 0 Å². The fourth-order valence-corrected chi connectivity index (χ4v) is 4.07. The Hall–Kier alpha value is -1.71. The van der Waals surface area contributed by atoms with Crippen molar-refractivity contribution in [3.05, 3.63) is 0 Å². The van der Waals surface area contributed by atoms with Crippen LogP contribution in [0.1, 0.15) is 39.0 Å². The van der Waals surface area contributed by atoms with Crippen LogP contribution in [0.5, 0.6) is 0 Å². The fraction of sp³-hybridized carbons (Fsp3) is 0.833. The Balaban J connectivity index is 3.08. The molecule has 0 aliphatic heterocycles. The van der Waals surface area contributed by atoms with Crippen molar-refractivity contribution in [3.63, 3.8) is 0 Å². The van der Waals surface area contributed by atoms with Crippen LogP contribution in [0.15, 0.2) is 0 Å². The van der Waals surface area contributed by atoms with Crippen molar-refractivity contribution >= 4 is 17.9 Å². The first-order chi connectivity index (χ1) is 12.6. The second-order valence-corrected chi connectivity index (χ2v) is 7.41. The lowest BCUT2D eigenvalue weighted by atomic mass is 9.88. The van der Waals surface area contributed by atoms with Crippen LogP contribution in [-0.4, -0.2) is 106 Å². The summed E-state index contributed by atoms with van der Waals surface area (Å²) in [6, 6.07) is -0.365. The van der Waals surface area contributed by atoms with Crippen molar-refractivity contribution in [2.24, 2.45) is 0 Å². The molecule has 27 heavy (non-hydrogen) atoms. The molecular weight excluding hydrogens is 354 g/mol. The summed E-state index contributed by atoms with van der Waals surface area (Å²) >= 11 is 0. The summed E-state index contributed by atoms with van der Waals surface area (Å²) in [5, 5.41) is 27.8. The van der Waals surface area contributed by atoms with Crippen LogP contribution in [0.25, 0.3) is 0 Å². The lowest BCUT2D eigenvalue weighted by molar-refractivity contribution is -0.144. The molecule has 3 atom stereocenters. The number of aliphatic carboxylic acids is 3. The van der Waals surface area contributed by atoms with Crippen LogP contribution in [0.3, 0.4) is 0 Å². The predicted molar refractivity (Wildman–Crippen MR) is 99.9 cm³/mol. The molecule has 3 unspecified atom stereocenters. The molecule has 0 aromatic rings. The van der Waals surface area contributed by atoms with E-state index in [0.29, 0.717) is 6.54 Å². The standard InChI is InChI=1S/C18H33N3O6/c1-4-20(11-17(24)25)13(9-16(22)23)10-21(12-18(26)27)15-8-6-5-7-14(15)19(2)3/h13-15H,4-12H2,1-3H3,(H,22,23)(H,24,25)(H,26,27). The maximum atomic E-state index is 11.5. The predicted octanol–water partition coefficient (Wildman–Crippen LogP) is 0.496. The first-order valence-electron chi connectivity index (χ1n) is 9.45. The highest BCUT2D eigenvalue weighted by Crippen LogP contribution is 2.27. The molecule has 0 amide bonds. The Bertz CT molecular complexity index is 513. The van der Waals surface area contributed by atoms with Gasteiger partial charge in [-0.1, -0.05) is 19.8 Å². The van der Waals surface area contributed by atoms with Gasteiger partial charge >= 0.3 is 17.9 Å². The third-order valence-electron chi connectivity index (χ3n) is 5.28. The lowest BCUT2D eigenvalue weighted by Crippen LogP contribution is -2.56. The number of rotatable bonds is 12. The summed E-state index contributed by atoms with van der Waals surface area (Å²) < 4.78 is 0. The minimum atomic E-state index is -1.03. The van der Waals surface area contributed by atoms with E-state index in [1.54, 1.807) is 11.8 Å². The Morgan fingerprint density at radius 3 is 1.93 bits per heavy atom. The molecular formula is C18H33N3O6. The van der Waals surface area contributed by atoms with Gasteiger partial charge in [-0.25, -0.2) is 0 Å². The zero-order chi connectivity index (χ0) is 20.6. The SMILES string of the molecule is CCN(CC(=O)O)C(CC(=O)O)CN(CC(=O)O)C1CCCCC1N(C)C.